The Morgan fingerprint density at radius 2 is 1.87 bits per heavy atom. The molecule has 1 atom stereocenters. The average molecular weight is 364 g/mol. The van der Waals surface area contributed by atoms with Gasteiger partial charge in [0.1, 0.15) is 6.04 Å². The van der Waals surface area contributed by atoms with Gasteiger partial charge in [-0.2, -0.15) is 0 Å². The molecule has 3 amide bonds. The van der Waals surface area contributed by atoms with Crippen LogP contribution in [0.1, 0.15) is 26.2 Å². The van der Waals surface area contributed by atoms with Crippen molar-refractivity contribution in [1.82, 2.24) is 10.4 Å². The number of nitrogens with zero attached hydrogens (tertiary/aromatic N) is 1. The van der Waals surface area contributed by atoms with Crippen molar-refractivity contribution in [3.63, 3.8) is 0 Å². The van der Waals surface area contributed by atoms with E-state index in [1.807, 2.05) is 0 Å². The van der Waals surface area contributed by atoms with Gasteiger partial charge in [0.25, 0.3) is 11.8 Å². The first-order chi connectivity index (χ1) is 10.8. The van der Waals surface area contributed by atoms with E-state index < -0.39 is 35.7 Å². The van der Waals surface area contributed by atoms with E-state index in [9.17, 15) is 24.0 Å². The molecular weight excluding hydrogens is 348 g/mol. The summed E-state index contributed by atoms with van der Waals surface area (Å²) in [5.41, 5.74) is 0. The largest absolute Gasteiger partial charge is 0.480 e. The molecule has 1 unspecified atom stereocenters. The van der Waals surface area contributed by atoms with E-state index in [2.05, 4.69) is 10.2 Å². The van der Waals surface area contributed by atoms with Gasteiger partial charge in [0.2, 0.25) is 5.91 Å². The minimum Gasteiger partial charge on any atom is -0.480 e. The lowest BCUT2D eigenvalue weighted by Gasteiger charge is -2.13. The van der Waals surface area contributed by atoms with Gasteiger partial charge in [0.15, 0.2) is 0 Å². The number of carbonyl (C=O) groups is 5. The number of nitrogens with one attached hydrogen (secondary N) is 1. The Hall–Kier alpha value is -1.75. The Bertz CT molecular complexity index is 496. The van der Waals surface area contributed by atoms with Crippen molar-refractivity contribution < 1.29 is 33.9 Å². The standard InChI is InChI=1S/C12H16N2O7S2/c1-7(15)13-8(12(19)20)6-23-22-5-4-11(18)21-14-9(16)2-3-10(14)17/h8H,2-6H2,1H3,(H,13,15)(H,19,20). The van der Waals surface area contributed by atoms with Crippen molar-refractivity contribution in [2.75, 3.05) is 11.5 Å². The van der Waals surface area contributed by atoms with Crippen LogP contribution in [0.15, 0.2) is 0 Å². The fourth-order valence-electron chi connectivity index (χ4n) is 1.53. The number of hydrogen-bond acceptors (Lipinski definition) is 8. The SMILES string of the molecule is CC(=O)NC(CSSCCC(=O)ON1C(=O)CCC1=O)C(=O)O. The van der Waals surface area contributed by atoms with Gasteiger partial charge in [-0.1, -0.05) is 21.6 Å². The summed E-state index contributed by atoms with van der Waals surface area (Å²) >= 11 is 0. The van der Waals surface area contributed by atoms with E-state index in [4.69, 9.17) is 5.11 Å². The highest BCUT2D eigenvalue weighted by Crippen LogP contribution is 2.23. The van der Waals surface area contributed by atoms with E-state index in [0.717, 1.165) is 0 Å². The van der Waals surface area contributed by atoms with Gasteiger partial charge in [0.05, 0.1) is 6.42 Å². The van der Waals surface area contributed by atoms with E-state index >= 15 is 0 Å². The number of carboxylic acids is 1. The van der Waals surface area contributed by atoms with E-state index in [-0.39, 0.29) is 25.0 Å². The second-order valence-electron chi connectivity index (χ2n) is 4.49. The molecular formula is C12H16N2O7S2. The number of hydrogen-bond donors (Lipinski definition) is 2. The quantitative estimate of drug-likeness (QED) is 0.328. The second kappa shape index (κ2) is 9.40. The minimum absolute atomic E-state index is 0.0351. The molecule has 0 saturated carbocycles. The maximum absolute atomic E-state index is 11.5. The van der Waals surface area contributed by atoms with Crippen LogP contribution in [0.2, 0.25) is 0 Å². The summed E-state index contributed by atoms with van der Waals surface area (Å²) in [6, 6.07) is -1.00. The predicted molar refractivity (Wildman–Crippen MR) is 82.0 cm³/mol. The van der Waals surface area contributed by atoms with Gasteiger partial charge < -0.3 is 15.3 Å². The maximum atomic E-state index is 11.5. The molecule has 23 heavy (non-hydrogen) atoms. The van der Waals surface area contributed by atoms with Crippen LogP contribution in [0.25, 0.3) is 0 Å². The molecule has 0 aromatic rings. The van der Waals surface area contributed by atoms with Gasteiger partial charge >= 0.3 is 11.9 Å². The Kier molecular flexibility index (Phi) is 7.89. The van der Waals surface area contributed by atoms with E-state index in [0.29, 0.717) is 10.8 Å². The summed E-state index contributed by atoms with van der Waals surface area (Å²) in [6.07, 6.45) is 0.0412. The normalized spacial score (nSPS) is 15.4. The highest BCUT2D eigenvalue weighted by atomic mass is 33.1. The fraction of sp³-hybridized carbons (Fsp3) is 0.583. The molecule has 1 aliphatic rings. The zero-order chi connectivity index (χ0) is 17.4. The molecule has 1 rings (SSSR count). The van der Waals surface area contributed by atoms with Crippen LogP contribution in [-0.4, -0.2) is 57.4 Å². The second-order valence-corrected chi connectivity index (χ2v) is 7.12. The third-order valence-electron chi connectivity index (χ3n) is 2.58. The number of aliphatic carboxylic acids is 1. The summed E-state index contributed by atoms with van der Waals surface area (Å²) in [7, 11) is 2.41. The molecule has 2 N–H and O–H groups in total. The predicted octanol–water partition coefficient (Wildman–Crippen LogP) is -0.0456. The van der Waals surface area contributed by atoms with Crippen molar-refractivity contribution in [2.24, 2.45) is 0 Å². The van der Waals surface area contributed by atoms with E-state index in [1.54, 1.807) is 0 Å². The van der Waals surface area contributed by atoms with Crippen LogP contribution >= 0.6 is 21.6 Å². The molecule has 0 radical (unpaired) electrons. The summed E-state index contributed by atoms with van der Waals surface area (Å²) in [5.74, 6) is -2.91. The molecule has 0 aromatic heterocycles. The van der Waals surface area contributed by atoms with Crippen molar-refractivity contribution in [1.29, 1.82) is 0 Å². The molecule has 0 spiro atoms. The topological polar surface area (TPSA) is 130 Å². The van der Waals surface area contributed by atoms with Crippen LogP contribution in [0.5, 0.6) is 0 Å². The van der Waals surface area contributed by atoms with Crippen LogP contribution in [-0.2, 0) is 28.8 Å². The molecule has 1 saturated heterocycles. The number of hydroxylamine groups is 2. The van der Waals surface area contributed by atoms with Crippen molar-refractivity contribution in [2.45, 2.75) is 32.2 Å². The van der Waals surface area contributed by atoms with Crippen LogP contribution in [0.3, 0.4) is 0 Å². The summed E-state index contributed by atoms with van der Waals surface area (Å²) in [4.78, 5) is 60.4. The molecule has 0 aliphatic carbocycles. The zero-order valence-electron chi connectivity index (χ0n) is 12.3. The smallest absolute Gasteiger partial charge is 0.334 e. The molecule has 9 nitrogen and oxygen atoms in total. The molecule has 1 aliphatic heterocycles. The lowest BCUT2D eigenvalue weighted by atomic mass is 10.3. The third-order valence-corrected chi connectivity index (χ3v) is 5.00. The summed E-state index contributed by atoms with van der Waals surface area (Å²) in [6.45, 7) is 1.23. The molecule has 1 fully saturated rings. The van der Waals surface area contributed by atoms with Gasteiger partial charge in [-0.3, -0.25) is 14.4 Å². The fourth-order valence-corrected chi connectivity index (χ4v) is 3.65. The van der Waals surface area contributed by atoms with Crippen LogP contribution in [0.4, 0.5) is 0 Å². The number of amides is 3. The van der Waals surface area contributed by atoms with Crippen LogP contribution in [0, 0.1) is 0 Å². The highest BCUT2D eigenvalue weighted by Gasteiger charge is 2.32. The van der Waals surface area contributed by atoms with Gasteiger partial charge in [-0.15, -0.1) is 5.06 Å². The monoisotopic (exact) mass is 364 g/mol. The average Bonchev–Trinajstić information content (AvgIpc) is 2.77. The molecule has 128 valence electrons. The van der Waals surface area contributed by atoms with Crippen molar-refractivity contribution >= 4 is 51.2 Å². The van der Waals surface area contributed by atoms with E-state index in [1.165, 1.54) is 28.5 Å². The lowest BCUT2D eigenvalue weighted by molar-refractivity contribution is -0.197. The Balaban J connectivity index is 2.20. The minimum atomic E-state index is -1.14. The Morgan fingerprint density at radius 3 is 2.39 bits per heavy atom. The number of carbonyl (C=O) groups excluding carboxylic acids is 4. The molecule has 11 heteroatoms. The molecule has 1 heterocycles. The Morgan fingerprint density at radius 1 is 1.26 bits per heavy atom. The molecule has 0 bridgehead atoms. The summed E-state index contributed by atoms with van der Waals surface area (Å²) < 4.78 is 0. The van der Waals surface area contributed by atoms with Gasteiger partial charge in [-0.25, -0.2) is 9.59 Å². The number of carboxylic acid groups (broad SMARTS) is 1. The zero-order valence-corrected chi connectivity index (χ0v) is 13.9. The first-order valence-corrected chi connectivity index (χ1v) is 9.11. The van der Waals surface area contributed by atoms with Gasteiger partial charge in [0, 0.05) is 31.3 Å². The van der Waals surface area contributed by atoms with Crippen LogP contribution < -0.4 is 5.32 Å². The Labute approximate surface area is 139 Å². The third kappa shape index (κ3) is 6.91. The number of imide groups is 1. The lowest BCUT2D eigenvalue weighted by Crippen LogP contribution is -2.41. The maximum Gasteiger partial charge on any atom is 0.334 e. The summed E-state index contributed by atoms with van der Waals surface area (Å²) in [5, 5.41) is 11.7. The van der Waals surface area contributed by atoms with Gasteiger partial charge in [-0.05, 0) is 0 Å². The van der Waals surface area contributed by atoms with Crippen molar-refractivity contribution in [3.8, 4) is 0 Å². The first-order valence-electron chi connectivity index (χ1n) is 6.62. The van der Waals surface area contributed by atoms with Crippen molar-refractivity contribution in [3.05, 3.63) is 0 Å². The number of rotatable bonds is 9. The highest BCUT2D eigenvalue weighted by molar-refractivity contribution is 8.76. The first kappa shape index (κ1) is 19.3. The molecule has 0 aromatic carbocycles.